The van der Waals surface area contributed by atoms with Crippen LogP contribution in [0.3, 0.4) is 0 Å². The molecule has 0 aliphatic rings. The van der Waals surface area contributed by atoms with Crippen molar-refractivity contribution < 1.29 is 14.5 Å². The van der Waals surface area contributed by atoms with Crippen molar-refractivity contribution in [3.63, 3.8) is 0 Å². The van der Waals surface area contributed by atoms with E-state index in [4.69, 9.17) is 4.74 Å². The van der Waals surface area contributed by atoms with Gasteiger partial charge in [0, 0.05) is 37.1 Å². The first-order chi connectivity index (χ1) is 13.0. The summed E-state index contributed by atoms with van der Waals surface area (Å²) in [7, 11) is 3.43. The minimum Gasteiger partial charge on any atom is -0.497 e. The molecular weight excluding hydrogens is 348 g/mol. The number of imidazole rings is 1. The van der Waals surface area contributed by atoms with Crippen molar-refractivity contribution >= 4 is 11.6 Å². The van der Waals surface area contributed by atoms with E-state index in [2.05, 4.69) is 10.3 Å². The number of nitrogens with zero attached hydrogens (tertiary/aromatic N) is 3. The van der Waals surface area contributed by atoms with E-state index in [1.807, 2.05) is 35.9 Å². The van der Waals surface area contributed by atoms with Crippen LogP contribution in [0.4, 0.5) is 5.69 Å². The van der Waals surface area contributed by atoms with Crippen LogP contribution in [-0.4, -0.2) is 27.5 Å². The number of nitro groups is 1. The lowest BCUT2D eigenvalue weighted by atomic mass is 10.0. The number of aromatic nitrogens is 2. The summed E-state index contributed by atoms with van der Waals surface area (Å²) in [6.45, 7) is 0. The van der Waals surface area contributed by atoms with Crippen molar-refractivity contribution in [2.75, 3.05) is 7.11 Å². The van der Waals surface area contributed by atoms with Crippen molar-refractivity contribution in [2.24, 2.45) is 7.05 Å². The molecule has 0 spiro atoms. The van der Waals surface area contributed by atoms with Gasteiger partial charge in [-0.15, -0.1) is 0 Å². The molecule has 0 aliphatic heterocycles. The summed E-state index contributed by atoms with van der Waals surface area (Å²) in [6.07, 6.45) is 3.45. The smallest absolute Gasteiger partial charge is 0.269 e. The monoisotopic (exact) mass is 366 g/mol. The summed E-state index contributed by atoms with van der Waals surface area (Å²) in [5.74, 6) is 1.02. The first-order valence-electron chi connectivity index (χ1n) is 8.16. The maximum absolute atomic E-state index is 12.7. The van der Waals surface area contributed by atoms with Gasteiger partial charge in [0.25, 0.3) is 11.6 Å². The van der Waals surface area contributed by atoms with E-state index in [1.54, 1.807) is 19.5 Å². The van der Waals surface area contributed by atoms with Gasteiger partial charge in [0.15, 0.2) is 0 Å². The first kappa shape index (κ1) is 18.1. The second-order valence-corrected chi connectivity index (χ2v) is 5.88. The standard InChI is InChI=1S/C19H18N4O4/c1-22-12-11-20-18(22)17(13-5-9-16(27-2)10-6-13)21-19(24)14-3-7-15(8-4-14)23(25)26/h3-12,17H,1-2H3,(H,21,24). The zero-order valence-electron chi connectivity index (χ0n) is 14.8. The molecule has 138 valence electrons. The first-order valence-corrected chi connectivity index (χ1v) is 8.16. The Labute approximate surface area is 155 Å². The van der Waals surface area contributed by atoms with Crippen LogP contribution >= 0.6 is 0 Å². The maximum atomic E-state index is 12.7. The Morgan fingerprint density at radius 2 is 1.85 bits per heavy atom. The van der Waals surface area contributed by atoms with Gasteiger partial charge in [-0.25, -0.2) is 4.98 Å². The molecule has 27 heavy (non-hydrogen) atoms. The number of amides is 1. The fraction of sp³-hybridized carbons (Fsp3) is 0.158. The predicted octanol–water partition coefficient (Wildman–Crippen LogP) is 2.86. The Morgan fingerprint density at radius 3 is 2.37 bits per heavy atom. The van der Waals surface area contributed by atoms with Crippen molar-refractivity contribution in [1.29, 1.82) is 0 Å². The molecule has 0 bridgehead atoms. The van der Waals surface area contributed by atoms with Crippen LogP contribution in [0.25, 0.3) is 0 Å². The van der Waals surface area contributed by atoms with Crippen molar-refractivity contribution in [3.05, 3.63) is 88.0 Å². The number of rotatable bonds is 6. The van der Waals surface area contributed by atoms with E-state index in [0.717, 1.165) is 5.56 Å². The summed E-state index contributed by atoms with van der Waals surface area (Å²) < 4.78 is 7.01. The summed E-state index contributed by atoms with van der Waals surface area (Å²) in [6, 6.07) is 12.3. The van der Waals surface area contributed by atoms with Gasteiger partial charge in [-0.3, -0.25) is 14.9 Å². The number of benzene rings is 2. The fourth-order valence-corrected chi connectivity index (χ4v) is 2.70. The molecule has 0 fully saturated rings. The number of hydrogen-bond donors (Lipinski definition) is 1. The van der Waals surface area contributed by atoms with Crippen LogP contribution in [0.2, 0.25) is 0 Å². The quantitative estimate of drug-likeness (QED) is 0.534. The number of non-ortho nitro benzene ring substituents is 1. The summed E-state index contributed by atoms with van der Waals surface area (Å²) in [5, 5.41) is 13.7. The summed E-state index contributed by atoms with van der Waals surface area (Å²) >= 11 is 0. The van der Waals surface area contributed by atoms with Crippen LogP contribution in [0.5, 0.6) is 5.75 Å². The van der Waals surface area contributed by atoms with E-state index >= 15 is 0 Å². The number of nitrogens with one attached hydrogen (secondary N) is 1. The van der Waals surface area contributed by atoms with E-state index in [0.29, 0.717) is 17.1 Å². The molecule has 8 heteroatoms. The van der Waals surface area contributed by atoms with Crippen LogP contribution in [0.1, 0.15) is 27.8 Å². The Hall–Kier alpha value is -3.68. The molecule has 8 nitrogen and oxygen atoms in total. The van der Waals surface area contributed by atoms with Gasteiger partial charge >= 0.3 is 0 Å². The molecule has 3 aromatic rings. The number of methoxy groups -OCH3 is 1. The molecule has 0 saturated heterocycles. The molecular formula is C19H18N4O4. The molecule has 2 aromatic carbocycles. The molecule has 0 radical (unpaired) electrons. The molecule has 1 N–H and O–H groups in total. The maximum Gasteiger partial charge on any atom is 0.269 e. The van der Waals surface area contributed by atoms with Gasteiger partial charge in [-0.2, -0.15) is 0 Å². The van der Waals surface area contributed by atoms with E-state index in [9.17, 15) is 14.9 Å². The van der Waals surface area contributed by atoms with E-state index in [-0.39, 0.29) is 11.6 Å². The molecule has 1 atom stereocenters. The highest BCUT2D eigenvalue weighted by atomic mass is 16.6. The number of carbonyl (C=O) groups is 1. The van der Waals surface area contributed by atoms with Crippen molar-refractivity contribution in [1.82, 2.24) is 14.9 Å². The number of hydrogen-bond acceptors (Lipinski definition) is 5. The average molecular weight is 366 g/mol. The van der Waals surface area contributed by atoms with Gasteiger partial charge in [0.05, 0.1) is 12.0 Å². The predicted molar refractivity (Wildman–Crippen MR) is 98.6 cm³/mol. The second kappa shape index (κ2) is 7.69. The van der Waals surface area contributed by atoms with Crippen molar-refractivity contribution in [3.8, 4) is 5.75 Å². The highest BCUT2D eigenvalue weighted by molar-refractivity contribution is 5.94. The molecule has 1 aromatic heterocycles. The average Bonchev–Trinajstić information content (AvgIpc) is 3.11. The van der Waals surface area contributed by atoms with E-state index < -0.39 is 11.0 Å². The van der Waals surface area contributed by atoms with Crippen molar-refractivity contribution in [2.45, 2.75) is 6.04 Å². The minimum atomic E-state index is -0.504. The zero-order valence-corrected chi connectivity index (χ0v) is 14.8. The molecule has 1 amide bonds. The Bertz CT molecular complexity index is 949. The van der Waals surface area contributed by atoms with Crippen LogP contribution in [0, 0.1) is 10.1 Å². The lowest BCUT2D eigenvalue weighted by Crippen LogP contribution is -2.31. The number of aryl methyl sites for hydroxylation is 1. The normalized spacial score (nSPS) is 11.6. The Morgan fingerprint density at radius 1 is 1.19 bits per heavy atom. The highest BCUT2D eigenvalue weighted by Gasteiger charge is 2.22. The fourth-order valence-electron chi connectivity index (χ4n) is 2.70. The SMILES string of the molecule is COc1ccc(C(NC(=O)c2ccc([N+](=O)[O-])cc2)c2nccn2C)cc1. The van der Waals surface area contributed by atoms with Gasteiger partial charge in [0.1, 0.15) is 17.6 Å². The van der Waals surface area contributed by atoms with Gasteiger partial charge in [-0.05, 0) is 29.8 Å². The topological polar surface area (TPSA) is 99.3 Å². The minimum absolute atomic E-state index is 0.0673. The molecule has 1 unspecified atom stereocenters. The Kier molecular flexibility index (Phi) is 5.16. The summed E-state index contributed by atoms with van der Waals surface area (Å²) in [5.41, 5.74) is 1.09. The number of ether oxygens (including phenoxy) is 1. The highest BCUT2D eigenvalue weighted by Crippen LogP contribution is 2.23. The van der Waals surface area contributed by atoms with Crippen LogP contribution in [-0.2, 0) is 7.05 Å². The van der Waals surface area contributed by atoms with Gasteiger partial charge < -0.3 is 14.6 Å². The molecule has 0 aliphatic carbocycles. The third-order valence-electron chi connectivity index (χ3n) is 4.18. The van der Waals surface area contributed by atoms with Gasteiger partial charge in [0.2, 0.25) is 0 Å². The van der Waals surface area contributed by atoms with Crippen LogP contribution in [0.15, 0.2) is 60.9 Å². The summed E-state index contributed by atoms with van der Waals surface area (Å²) in [4.78, 5) is 27.3. The molecule has 0 saturated carbocycles. The largest absolute Gasteiger partial charge is 0.497 e. The van der Waals surface area contributed by atoms with E-state index in [1.165, 1.54) is 24.3 Å². The number of nitro benzene ring substituents is 1. The van der Waals surface area contributed by atoms with Gasteiger partial charge in [-0.1, -0.05) is 12.1 Å². The zero-order chi connectivity index (χ0) is 19.4. The number of carbonyl (C=O) groups excluding carboxylic acids is 1. The molecule has 3 rings (SSSR count). The second-order valence-electron chi connectivity index (χ2n) is 5.88. The lowest BCUT2D eigenvalue weighted by Gasteiger charge is -2.19. The Balaban J connectivity index is 1.90. The third kappa shape index (κ3) is 3.95. The third-order valence-corrected chi connectivity index (χ3v) is 4.18. The van der Waals surface area contributed by atoms with Crippen LogP contribution < -0.4 is 10.1 Å². The lowest BCUT2D eigenvalue weighted by molar-refractivity contribution is -0.384. The molecule has 1 heterocycles.